The lowest BCUT2D eigenvalue weighted by Gasteiger charge is -2.24. The highest BCUT2D eigenvalue weighted by molar-refractivity contribution is 5.95. The maximum absolute atomic E-state index is 13.4. The van der Waals surface area contributed by atoms with Crippen molar-refractivity contribution in [2.24, 2.45) is 11.8 Å². The Morgan fingerprint density at radius 2 is 1.84 bits per heavy atom. The molecule has 1 fully saturated rings. The Kier molecular flexibility index (Phi) is 6.75. The maximum atomic E-state index is 13.4. The van der Waals surface area contributed by atoms with Crippen LogP contribution in [0.4, 0.5) is 0 Å². The fraction of sp³-hybridized carbons (Fsp3) is 0.440. The summed E-state index contributed by atoms with van der Waals surface area (Å²) in [7, 11) is 0. The van der Waals surface area contributed by atoms with Gasteiger partial charge < -0.3 is 19.1 Å². The van der Waals surface area contributed by atoms with Crippen LogP contribution in [0.1, 0.15) is 35.7 Å². The zero-order valence-electron chi connectivity index (χ0n) is 17.9. The Morgan fingerprint density at radius 1 is 1.06 bits per heavy atom. The van der Waals surface area contributed by atoms with E-state index in [1.54, 1.807) is 18.2 Å². The molecule has 6 heteroatoms. The second-order valence-corrected chi connectivity index (χ2v) is 8.05. The lowest BCUT2D eigenvalue weighted by atomic mass is 10.1. The Balaban J connectivity index is 1.43. The molecule has 2 aliphatic rings. The quantitative estimate of drug-likeness (QED) is 0.575. The number of rotatable bonds is 9. The standard InChI is InChI=1S/C25H29NO5/c1-2-29-25(28)21-15-20(21)17-26(12-6-9-18-7-4-3-5-8-18)24(27)19-10-11-22-23(16-19)31-14-13-30-22/h3-5,7-8,10-11,16,20-21H,2,6,9,12-15,17H2,1H3/t20-,21-/m0/s1. The predicted molar refractivity (Wildman–Crippen MR) is 116 cm³/mol. The summed E-state index contributed by atoms with van der Waals surface area (Å²) in [5.74, 6) is 1.16. The number of hydrogen-bond acceptors (Lipinski definition) is 5. The van der Waals surface area contributed by atoms with Crippen LogP contribution in [-0.4, -0.2) is 49.7 Å². The minimum absolute atomic E-state index is 0.0421. The van der Waals surface area contributed by atoms with Gasteiger partial charge in [0.25, 0.3) is 5.91 Å². The van der Waals surface area contributed by atoms with E-state index in [-0.39, 0.29) is 23.7 Å². The summed E-state index contributed by atoms with van der Waals surface area (Å²) in [4.78, 5) is 27.3. The molecule has 1 saturated carbocycles. The molecule has 31 heavy (non-hydrogen) atoms. The van der Waals surface area contributed by atoms with Crippen LogP contribution in [0.5, 0.6) is 11.5 Å². The summed E-state index contributed by atoms with van der Waals surface area (Å²) in [6.45, 7) is 4.40. The van der Waals surface area contributed by atoms with Gasteiger partial charge >= 0.3 is 5.97 Å². The van der Waals surface area contributed by atoms with E-state index < -0.39 is 0 Å². The normalized spacial score (nSPS) is 18.9. The van der Waals surface area contributed by atoms with Gasteiger partial charge in [-0.1, -0.05) is 30.3 Å². The van der Waals surface area contributed by atoms with Crippen molar-refractivity contribution in [3.8, 4) is 11.5 Å². The van der Waals surface area contributed by atoms with Gasteiger partial charge in [-0.05, 0) is 55.9 Å². The highest BCUT2D eigenvalue weighted by atomic mass is 16.6. The van der Waals surface area contributed by atoms with Crippen molar-refractivity contribution in [3.63, 3.8) is 0 Å². The van der Waals surface area contributed by atoms with Crippen LogP contribution >= 0.6 is 0 Å². The zero-order chi connectivity index (χ0) is 21.6. The molecule has 6 nitrogen and oxygen atoms in total. The van der Waals surface area contributed by atoms with E-state index in [2.05, 4.69) is 12.1 Å². The minimum atomic E-state index is -0.150. The molecule has 0 spiro atoms. The minimum Gasteiger partial charge on any atom is -0.486 e. The Morgan fingerprint density at radius 3 is 2.61 bits per heavy atom. The number of fused-ring (bicyclic) bond motifs is 1. The molecule has 2 atom stereocenters. The lowest BCUT2D eigenvalue weighted by molar-refractivity contribution is -0.145. The first-order valence-electron chi connectivity index (χ1n) is 11.0. The van der Waals surface area contributed by atoms with Crippen molar-refractivity contribution < 1.29 is 23.8 Å². The molecular weight excluding hydrogens is 394 g/mol. The average molecular weight is 424 g/mol. The summed E-state index contributed by atoms with van der Waals surface area (Å²) >= 11 is 0. The number of nitrogens with zero attached hydrogens (tertiary/aromatic N) is 1. The molecule has 4 rings (SSSR count). The first-order chi connectivity index (χ1) is 15.2. The van der Waals surface area contributed by atoms with E-state index in [1.165, 1.54) is 5.56 Å². The summed E-state index contributed by atoms with van der Waals surface area (Å²) < 4.78 is 16.4. The number of hydrogen-bond donors (Lipinski definition) is 0. The van der Waals surface area contributed by atoms with Gasteiger partial charge in [0.15, 0.2) is 11.5 Å². The first-order valence-corrected chi connectivity index (χ1v) is 11.0. The van der Waals surface area contributed by atoms with Crippen LogP contribution in [0.15, 0.2) is 48.5 Å². The number of carbonyl (C=O) groups is 2. The molecule has 164 valence electrons. The molecule has 0 saturated heterocycles. The fourth-order valence-electron chi connectivity index (χ4n) is 4.02. The van der Waals surface area contributed by atoms with Gasteiger partial charge in [-0.2, -0.15) is 0 Å². The van der Waals surface area contributed by atoms with Crippen LogP contribution in [0.25, 0.3) is 0 Å². The SMILES string of the molecule is CCOC(=O)[C@H]1C[C@H]1CN(CCCc1ccccc1)C(=O)c1ccc2c(c1)OCCO2. The Labute approximate surface area is 183 Å². The van der Waals surface area contributed by atoms with Gasteiger partial charge in [-0.25, -0.2) is 0 Å². The largest absolute Gasteiger partial charge is 0.486 e. The third kappa shape index (κ3) is 5.37. The number of aryl methyl sites for hydroxylation is 1. The molecule has 0 radical (unpaired) electrons. The van der Waals surface area contributed by atoms with E-state index >= 15 is 0 Å². The van der Waals surface area contributed by atoms with E-state index in [9.17, 15) is 9.59 Å². The molecule has 0 bridgehead atoms. The van der Waals surface area contributed by atoms with E-state index in [0.717, 1.165) is 19.3 Å². The number of esters is 1. The summed E-state index contributed by atoms with van der Waals surface area (Å²) in [6, 6.07) is 15.6. The van der Waals surface area contributed by atoms with Crippen LogP contribution in [-0.2, 0) is 16.0 Å². The third-order valence-corrected chi connectivity index (χ3v) is 5.78. The molecule has 2 aromatic rings. The van der Waals surface area contributed by atoms with Crippen molar-refractivity contribution in [3.05, 3.63) is 59.7 Å². The smallest absolute Gasteiger partial charge is 0.309 e. The van der Waals surface area contributed by atoms with Crippen molar-refractivity contribution in [2.75, 3.05) is 32.9 Å². The van der Waals surface area contributed by atoms with Gasteiger partial charge in [0.05, 0.1) is 12.5 Å². The van der Waals surface area contributed by atoms with Crippen molar-refractivity contribution in [1.29, 1.82) is 0 Å². The van der Waals surface area contributed by atoms with E-state index in [1.807, 2.05) is 30.0 Å². The number of benzene rings is 2. The fourth-order valence-corrected chi connectivity index (χ4v) is 4.02. The average Bonchev–Trinajstić information content (AvgIpc) is 3.58. The van der Waals surface area contributed by atoms with Gasteiger partial charge in [-0.15, -0.1) is 0 Å². The number of amides is 1. The predicted octanol–water partition coefficient (Wildman–Crippen LogP) is 3.73. The zero-order valence-corrected chi connectivity index (χ0v) is 17.9. The van der Waals surface area contributed by atoms with Gasteiger partial charge in [0.1, 0.15) is 13.2 Å². The highest BCUT2D eigenvalue weighted by Crippen LogP contribution is 2.40. The highest BCUT2D eigenvalue weighted by Gasteiger charge is 2.45. The molecule has 1 amide bonds. The lowest BCUT2D eigenvalue weighted by Crippen LogP contribution is -2.35. The first kappa shape index (κ1) is 21.2. The van der Waals surface area contributed by atoms with Gasteiger partial charge in [0, 0.05) is 18.7 Å². The van der Waals surface area contributed by atoms with Crippen molar-refractivity contribution in [2.45, 2.75) is 26.2 Å². The van der Waals surface area contributed by atoms with Crippen LogP contribution in [0, 0.1) is 11.8 Å². The molecule has 1 heterocycles. The van der Waals surface area contributed by atoms with E-state index in [0.29, 0.717) is 50.0 Å². The Bertz CT molecular complexity index is 913. The summed E-state index contributed by atoms with van der Waals surface area (Å²) in [5.41, 5.74) is 1.84. The molecule has 2 aromatic carbocycles. The number of ether oxygens (including phenoxy) is 3. The topological polar surface area (TPSA) is 65.1 Å². The summed E-state index contributed by atoms with van der Waals surface area (Å²) in [6.07, 6.45) is 2.54. The molecule has 0 N–H and O–H groups in total. The molecule has 1 aliphatic carbocycles. The van der Waals surface area contributed by atoms with Gasteiger partial charge in [-0.3, -0.25) is 9.59 Å². The molecule has 0 unspecified atom stereocenters. The van der Waals surface area contributed by atoms with E-state index in [4.69, 9.17) is 14.2 Å². The molecule has 0 aromatic heterocycles. The number of carbonyl (C=O) groups excluding carboxylic acids is 2. The monoisotopic (exact) mass is 423 g/mol. The molecular formula is C25H29NO5. The summed E-state index contributed by atoms with van der Waals surface area (Å²) in [5, 5.41) is 0. The second kappa shape index (κ2) is 9.86. The second-order valence-electron chi connectivity index (χ2n) is 8.05. The Hall–Kier alpha value is -3.02. The van der Waals surface area contributed by atoms with Crippen LogP contribution in [0.2, 0.25) is 0 Å². The van der Waals surface area contributed by atoms with Gasteiger partial charge in [0.2, 0.25) is 0 Å². The van der Waals surface area contributed by atoms with Crippen molar-refractivity contribution in [1.82, 2.24) is 4.90 Å². The third-order valence-electron chi connectivity index (χ3n) is 5.78. The maximum Gasteiger partial charge on any atom is 0.309 e. The van der Waals surface area contributed by atoms with Crippen LogP contribution in [0.3, 0.4) is 0 Å². The van der Waals surface area contributed by atoms with Crippen LogP contribution < -0.4 is 9.47 Å². The molecule has 1 aliphatic heterocycles. The van der Waals surface area contributed by atoms with Crippen molar-refractivity contribution >= 4 is 11.9 Å².